The number of quaternary nitrogens is 1. The molecule has 0 saturated carbocycles. The van der Waals surface area contributed by atoms with Crippen molar-refractivity contribution in [1.29, 1.82) is 0 Å². The second kappa shape index (κ2) is 8.33. The lowest BCUT2D eigenvalue weighted by Gasteiger charge is -2.33. The minimum absolute atomic E-state index is 0.735. The van der Waals surface area contributed by atoms with Crippen LogP contribution in [0.15, 0.2) is 60.7 Å². The van der Waals surface area contributed by atoms with Crippen LogP contribution in [0.2, 0.25) is 5.02 Å². The third-order valence-corrected chi connectivity index (χ3v) is 6.35. The van der Waals surface area contributed by atoms with Crippen molar-refractivity contribution in [3.63, 3.8) is 0 Å². The van der Waals surface area contributed by atoms with E-state index >= 15 is 0 Å². The molecule has 2 aromatic heterocycles. The van der Waals surface area contributed by atoms with Gasteiger partial charge in [0, 0.05) is 27.9 Å². The van der Waals surface area contributed by atoms with Gasteiger partial charge in [0.25, 0.3) is 0 Å². The molecule has 5 nitrogen and oxygen atoms in total. The highest BCUT2D eigenvalue weighted by Gasteiger charge is 2.24. The molecular weight excluding hydrogens is 406 g/mol. The van der Waals surface area contributed by atoms with Crippen LogP contribution >= 0.6 is 11.6 Å². The summed E-state index contributed by atoms with van der Waals surface area (Å²) < 4.78 is 2.02. The van der Waals surface area contributed by atoms with Gasteiger partial charge in [-0.1, -0.05) is 54.1 Å². The van der Waals surface area contributed by atoms with Gasteiger partial charge in [-0.3, -0.25) is 0 Å². The van der Waals surface area contributed by atoms with Crippen molar-refractivity contribution in [3.8, 4) is 11.1 Å². The molecule has 1 fully saturated rings. The van der Waals surface area contributed by atoms with E-state index in [1.54, 1.807) is 4.90 Å². The summed E-state index contributed by atoms with van der Waals surface area (Å²) in [7, 11) is 0. The number of rotatable bonds is 4. The molecule has 2 aromatic carbocycles. The number of fused-ring (bicyclic) bond motifs is 1. The van der Waals surface area contributed by atoms with Gasteiger partial charge in [0.15, 0.2) is 5.65 Å². The molecule has 1 N–H and O–H groups in total. The Morgan fingerprint density at radius 1 is 0.968 bits per heavy atom. The molecule has 0 atom stereocenters. The second-order valence-corrected chi connectivity index (χ2v) is 8.79. The Balaban J connectivity index is 1.43. The zero-order chi connectivity index (χ0) is 21.4. The van der Waals surface area contributed by atoms with E-state index in [9.17, 15) is 0 Å². The smallest absolute Gasteiger partial charge is 0.165 e. The molecule has 0 radical (unpaired) electrons. The highest BCUT2D eigenvalue weighted by atomic mass is 35.5. The molecule has 31 heavy (non-hydrogen) atoms. The van der Waals surface area contributed by atoms with E-state index in [4.69, 9.17) is 21.7 Å². The Hall–Kier alpha value is -2.89. The fraction of sp³-hybridized carbons (Fsp3) is 0.280. The SMILES string of the molecule is Cc1cc(N2CC[NH+](Cc3ccccc3)CC2)n2nc(C)c(-c3ccc(Cl)cc3)c2n1. The molecule has 5 rings (SSSR count). The Kier molecular flexibility index (Phi) is 5.38. The van der Waals surface area contributed by atoms with Gasteiger partial charge >= 0.3 is 0 Å². The first-order valence-electron chi connectivity index (χ1n) is 10.8. The molecule has 0 unspecified atom stereocenters. The lowest BCUT2D eigenvalue weighted by molar-refractivity contribution is -0.914. The average Bonchev–Trinajstić information content (AvgIpc) is 3.11. The summed E-state index contributed by atoms with van der Waals surface area (Å²) in [5, 5.41) is 5.62. The van der Waals surface area contributed by atoms with Crippen LogP contribution in [-0.4, -0.2) is 40.8 Å². The first-order chi connectivity index (χ1) is 15.1. The first-order valence-corrected chi connectivity index (χ1v) is 11.2. The molecule has 0 spiro atoms. The van der Waals surface area contributed by atoms with Gasteiger partial charge in [0.2, 0.25) is 0 Å². The van der Waals surface area contributed by atoms with Crippen molar-refractivity contribution in [2.24, 2.45) is 0 Å². The van der Waals surface area contributed by atoms with E-state index in [0.29, 0.717) is 0 Å². The summed E-state index contributed by atoms with van der Waals surface area (Å²) in [5.41, 5.74) is 6.48. The van der Waals surface area contributed by atoms with Crippen LogP contribution in [0.3, 0.4) is 0 Å². The van der Waals surface area contributed by atoms with Gasteiger partial charge in [0.1, 0.15) is 12.4 Å². The number of aryl methyl sites for hydroxylation is 2. The third-order valence-electron chi connectivity index (χ3n) is 6.10. The van der Waals surface area contributed by atoms with Crippen LogP contribution in [0.1, 0.15) is 17.0 Å². The van der Waals surface area contributed by atoms with Gasteiger partial charge in [-0.05, 0) is 31.5 Å². The van der Waals surface area contributed by atoms with Crippen molar-refractivity contribution in [2.75, 3.05) is 31.1 Å². The molecule has 0 amide bonds. The Labute approximate surface area is 187 Å². The summed E-state index contributed by atoms with van der Waals surface area (Å²) >= 11 is 6.10. The van der Waals surface area contributed by atoms with Crippen molar-refractivity contribution in [3.05, 3.63) is 82.6 Å². The van der Waals surface area contributed by atoms with Crippen molar-refractivity contribution >= 4 is 23.1 Å². The number of hydrogen-bond acceptors (Lipinski definition) is 3. The lowest BCUT2D eigenvalue weighted by Crippen LogP contribution is -3.13. The van der Waals surface area contributed by atoms with E-state index in [0.717, 1.165) is 71.7 Å². The van der Waals surface area contributed by atoms with Gasteiger partial charge in [-0.15, -0.1) is 0 Å². The summed E-state index contributed by atoms with van der Waals surface area (Å²) in [6, 6.07) is 20.9. The average molecular weight is 433 g/mol. The standard InChI is InChI=1S/C25H26ClN5/c1-18-16-23(30-14-12-29(13-15-30)17-20-6-4-3-5-7-20)31-25(27-18)24(19(2)28-31)21-8-10-22(26)11-9-21/h3-11,16H,12-15,17H2,1-2H3/p+1. The third kappa shape index (κ3) is 4.03. The van der Waals surface area contributed by atoms with Crippen LogP contribution in [0.4, 0.5) is 5.82 Å². The normalized spacial score (nSPS) is 15.0. The Morgan fingerprint density at radius 3 is 2.39 bits per heavy atom. The zero-order valence-corrected chi connectivity index (χ0v) is 18.7. The first kappa shape index (κ1) is 20.0. The summed E-state index contributed by atoms with van der Waals surface area (Å²) in [5.74, 6) is 1.13. The fourth-order valence-electron chi connectivity index (χ4n) is 4.52. The minimum atomic E-state index is 0.735. The van der Waals surface area contributed by atoms with Crippen LogP contribution in [0.25, 0.3) is 16.8 Å². The maximum atomic E-state index is 6.10. The van der Waals surface area contributed by atoms with Gasteiger partial charge < -0.3 is 9.80 Å². The van der Waals surface area contributed by atoms with Crippen LogP contribution in [-0.2, 0) is 6.54 Å². The Morgan fingerprint density at radius 2 is 1.68 bits per heavy atom. The number of nitrogens with zero attached hydrogens (tertiary/aromatic N) is 4. The largest absolute Gasteiger partial charge is 0.345 e. The van der Waals surface area contributed by atoms with Crippen LogP contribution in [0, 0.1) is 13.8 Å². The highest BCUT2D eigenvalue weighted by molar-refractivity contribution is 6.30. The van der Waals surface area contributed by atoms with Gasteiger partial charge in [0.05, 0.1) is 31.9 Å². The topological polar surface area (TPSA) is 37.9 Å². The maximum absolute atomic E-state index is 6.10. The molecule has 1 saturated heterocycles. The molecule has 3 heterocycles. The minimum Gasteiger partial charge on any atom is -0.345 e. The zero-order valence-electron chi connectivity index (χ0n) is 18.0. The quantitative estimate of drug-likeness (QED) is 0.535. The fourth-order valence-corrected chi connectivity index (χ4v) is 4.64. The van der Waals surface area contributed by atoms with Crippen molar-refractivity contribution in [2.45, 2.75) is 20.4 Å². The van der Waals surface area contributed by atoms with Crippen LogP contribution < -0.4 is 9.80 Å². The van der Waals surface area contributed by atoms with E-state index < -0.39 is 0 Å². The number of halogens is 1. The number of anilines is 1. The van der Waals surface area contributed by atoms with E-state index in [-0.39, 0.29) is 0 Å². The number of benzene rings is 2. The van der Waals surface area contributed by atoms with Crippen molar-refractivity contribution in [1.82, 2.24) is 14.6 Å². The number of nitrogens with one attached hydrogen (secondary N) is 1. The van der Waals surface area contributed by atoms with Gasteiger partial charge in [-0.2, -0.15) is 9.61 Å². The molecule has 0 aliphatic carbocycles. The van der Waals surface area contributed by atoms with E-state index in [1.165, 1.54) is 5.56 Å². The predicted molar refractivity (Wildman–Crippen MR) is 126 cm³/mol. The highest BCUT2D eigenvalue weighted by Crippen LogP contribution is 2.31. The molecule has 1 aliphatic heterocycles. The Bertz CT molecular complexity index is 1190. The second-order valence-electron chi connectivity index (χ2n) is 8.36. The monoisotopic (exact) mass is 432 g/mol. The number of piperazine rings is 1. The number of hydrogen-bond donors (Lipinski definition) is 1. The summed E-state index contributed by atoms with van der Waals surface area (Å²) in [4.78, 5) is 8.94. The summed E-state index contributed by atoms with van der Waals surface area (Å²) in [6.07, 6.45) is 0. The molecule has 0 bridgehead atoms. The molecule has 1 aliphatic rings. The van der Waals surface area contributed by atoms with E-state index in [1.807, 2.05) is 28.8 Å². The lowest BCUT2D eigenvalue weighted by atomic mass is 10.1. The predicted octanol–water partition coefficient (Wildman–Crippen LogP) is 3.57. The summed E-state index contributed by atoms with van der Waals surface area (Å²) in [6.45, 7) is 9.45. The van der Waals surface area contributed by atoms with Crippen LogP contribution in [0.5, 0.6) is 0 Å². The van der Waals surface area contributed by atoms with Crippen molar-refractivity contribution < 1.29 is 4.90 Å². The molecule has 158 valence electrons. The molecule has 4 aromatic rings. The number of aromatic nitrogens is 3. The molecule has 6 heteroatoms. The maximum Gasteiger partial charge on any atom is 0.165 e. The molecular formula is C25H27ClN5+. The van der Waals surface area contributed by atoms with Gasteiger partial charge in [-0.25, -0.2) is 4.98 Å². The van der Waals surface area contributed by atoms with E-state index in [2.05, 4.69) is 55.1 Å².